The number of thioether (sulfide) groups is 1. The first-order chi connectivity index (χ1) is 13.4. The number of nitro benzene ring substituents is 1. The van der Waals surface area contributed by atoms with Gasteiger partial charge in [-0.15, -0.1) is 10.2 Å². The van der Waals surface area contributed by atoms with Crippen molar-refractivity contribution in [2.45, 2.75) is 18.2 Å². The molecule has 1 amide bonds. The predicted octanol–water partition coefficient (Wildman–Crippen LogP) is 4.54. The van der Waals surface area contributed by atoms with Crippen LogP contribution in [0, 0.1) is 24.0 Å². The maximum atomic E-state index is 12.2. The van der Waals surface area contributed by atoms with Gasteiger partial charge in [0.1, 0.15) is 5.69 Å². The second-order valence-electron chi connectivity index (χ2n) is 5.93. The van der Waals surface area contributed by atoms with Crippen molar-refractivity contribution in [3.8, 4) is 0 Å². The number of rotatable bonds is 7. The number of para-hydroxylation sites is 1. The van der Waals surface area contributed by atoms with Crippen LogP contribution in [-0.2, 0) is 4.79 Å². The average Bonchev–Trinajstić information content (AvgIpc) is 3.11. The Balaban J connectivity index is 1.58. The topological polar surface area (TPSA) is 110 Å². The van der Waals surface area contributed by atoms with E-state index >= 15 is 0 Å². The first-order valence-electron chi connectivity index (χ1n) is 8.26. The third kappa shape index (κ3) is 5.05. The second kappa shape index (κ2) is 8.81. The number of hydrogen-bond donors (Lipinski definition) is 2. The van der Waals surface area contributed by atoms with Crippen molar-refractivity contribution in [2.24, 2.45) is 0 Å². The molecule has 2 aromatic carbocycles. The Morgan fingerprint density at radius 3 is 2.64 bits per heavy atom. The fourth-order valence-electron chi connectivity index (χ4n) is 2.35. The minimum Gasteiger partial charge on any atom is -0.330 e. The maximum absolute atomic E-state index is 12.2. The molecule has 1 aromatic heterocycles. The summed E-state index contributed by atoms with van der Waals surface area (Å²) >= 11 is 2.56. The molecule has 144 valence electrons. The molecule has 8 nitrogen and oxygen atoms in total. The standard InChI is InChI=1S/C18H17N5O3S2/c1-11-6-8-13(9-7-11)19-17-21-22-18(28-17)27-10-15(24)20-16-12(2)4-3-5-14(16)23(25)26/h3-9H,10H2,1-2H3,(H,19,21)(H,20,24). The van der Waals surface area contributed by atoms with E-state index in [1.807, 2.05) is 31.2 Å². The number of carbonyl (C=O) groups excluding carboxylic acids is 1. The lowest BCUT2D eigenvalue weighted by Crippen LogP contribution is -2.16. The number of anilines is 3. The molecule has 0 aliphatic rings. The zero-order chi connectivity index (χ0) is 20.1. The van der Waals surface area contributed by atoms with Crippen molar-refractivity contribution in [1.82, 2.24) is 10.2 Å². The molecule has 3 aromatic rings. The van der Waals surface area contributed by atoms with E-state index in [0.29, 0.717) is 15.0 Å². The minimum atomic E-state index is -0.510. The third-order valence-corrected chi connectivity index (χ3v) is 5.72. The van der Waals surface area contributed by atoms with Crippen LogP contribution in [0.4, 0.5) is 22.2 Å². The number of nitrogens with zero attached hydrogens (tertiary/aromatic N) is 3. The van der Waals surface area contributed by atoms with Crippen molar-refractivity contribution in [3.05, 3.63) is 63.7 Å². The number of hydrogen-bond acceptors (Lipinski definition) is 8. The van der Waals surface area contributed by atoms with Gasteiger partial charge in [-0.2, -0.15) is 0 Å². The highest BCUT2D eigenvalue weighted by Crippen LogP contribution is 2.30. The summed E-state index contributed by atoms with van der Waals surface area (Å²) in [5.41, 5.74) is 2.80. The van der Waals surface area contributed by atoms with Crippen LogP contribution in [0.3, 0.4) is 0 Å². The molecule has 0 aliphatic heterocycles. The summed E-state index contributed by atoms with van der Waals surface area (Å²) in [6, 6.07) is 12.6. The average molecular weight is 416 g/mol. The van der Waals surface area contributed by atoms with Crippen LogP contribution < -0.4 is 10.6 Å². The molecule has 0 unspecified atom stereocenters. The first kappa shape index (κ1) is 19.8. The molecule has 1 heterocycles. The van der Waals surface area contributed by atoms with Crippen LogP contribution in [0.25, 0.3) is 0 Å². The van der Waals surface area contributed by atoms with Crippen LogP contribution in [-0.4, -0.2) is 26.8 Å². The van der Waals surface area contributed by atoms with Crippen molar-refractivity contribution in [2.75, 3.05) is 16.4 Å². The summed E-state index contributed by atoms with van der Waals surface area (Å²) in [5.74, 6) is -0.268. The number of nitro groups is 1. The summed E-state index contributed by atoms with van der Waals surface area (Å²) in [4.78, 5) is 22.9. The second-order valence-corrected chi connectivity index (χ2v) is 8.13. The summed E-state index contributed by atoms with van der Waals surface area (Å²) < 4.78 is 0.629. The Kier molecular flexibility index (Phi) is 6.22. The highest BCUT2D eigenvalue weighted by Gasteiger charge is 2.18. The molecule has 0 fully saturated rings. The van der Waals surface area contributed by atoms with E-state index in [4.69, 9.17) is 0 Å². The van der Waals surface area contributed by atoms with Crippen LogP contribution in [0.1, 0.15) is 11.1 Å². The summed E-state index contributed by atoms with van der Waals surface area (Å²) in [6.07, 6.45) is 0. The van der Waals surface area contributed by atoms with Gasteiger partial charge in [0.15, 0.2) is 4.34 Å². The monoisotopic (exact) mass is 415 g/mol. The van der Waals surface area contributed by atoms with Gasteiger partial charge >= 0.3 is 0 Å². The normalized spacial score (nSPS) is 10.5. The number of carbonyl (C=O) groups is 1. The lowest BCUT2D eigenvalue weighted by molar-refractivity contribution is -0.384. The Morgan fingerprint density at radius 2 is 1.93 bits per heavy atom. The Hall–Kier alpha value is -2.98. The van der Waals surface area contributed by atoms with Gasteiger partial charge in [-0.3, -0.25) is 14.9 Å². The van der Waals surface area contributed by atoms with E-state index in [2.05, 4.69) is 20.8 Å². The van der Waals surface area contributed by atoms with Gasteiger partial charge in [-0.05, 0) is 31.5 Å². The smallest absolute Gasteiger partial charge is 0.293 e. The van der Waals surface area contributed by atoms with Gasteiger partial charge in [-0.1, -0.05) is 52.9 Å². The molecule has 0 saturated heterocycles. The number of aromatic nitrogens is 2. The van der Waals surface area contributed by atoms with Gasteiger partial charge < -0.3 is 10.6 Å². The van der Waals surface area contributed by atoms with Gasteiger partial charge in [-0.25, -0.2) is 0 Å². The highest BCUT2D eigenvalue weighted by molar-refractivity contribution is 8.01. The minimum absolute atomic E-state index is 0.0741. The summed E-state index contributed by atoms with van der Waals surface area (Å²) in [5, 5.41) is 25.7. The first-order valence-corrected chi connectivity index (χ1v) is 10.1. The third-order valence-electron chi connectivity index (χ3n) is 3.75. The van der Waals surface area contributed by atoms with E-state index in [-0.39, 0.29) is 23.0 Å². The van der Waals surface area contributed by atoms with E-state index in [1.165, 1.54) is 34.7 Å². The molecule has 0 spiro atoms. The Labute approximate surface area is 169 Å². The number of aryl methyl sites for hydroxylation is 2. The number of nitrogens with one attached hydrogen (secondary N) is 2. The van der Waals surface area contributed by atoms with Crippen molar-refractivity contribution in [3.63, 3.8) is 0 Å². The summed E-state index contributed by atoms with van der Waals surface area (Å²) in [7, 11) is 0. The van der Waals surface area contributed by atoms with Crippen LogP contribution >= 0.6 is 23.1 Å². The quantitative estimate of drug-likeness (QED) is 0.331. The van der Waals surface area contributed by atoms with Crippen molar-refractivity contribution < 1.29 is 9.72 Å². The van der Waals surface area contributed by atoms with Crippen molar-refractivity contribution in [1.29, 1.82) is 0 Å². The molecule has 2 N–H and O–H groups in total. The molecular formula is C18H17N5O3S2. The zero-order valence-electron chi connectivity index (χ0n) is 15.1. The molecule has 10 heteroatoms. The molecule has 3 rings (SSSR count). The van der Waals surface area contributed by atoms with E-state index in [1.54, 1.807) is 19.1 Å². The van der Waals surface area contributed by atoms with Crippen LogP contribution in [0.15, 0.2) is 46.8 Å². The van der Waals surface area contributed by atoms with Gasteiger partial charge in [0.2, 0.25) is 11.0 Å². The maximum Gasteiger partial charge on any atom is 0.293 e. The molecule has 0 bridgehead atoms. The fourth-order valence-corrected chi connectivity index (χ4v) is 3.92. The van der Waals surface area contributed by atoms with Gasteiger partial charge in [0.25, 0.3) is 5.69 Å². The molecule has 28 heavy (non-hydrogen) atoms. The molecule has 0 atom stereocenters. The number of amides is 1. The summed E-state index contributed by atoms with van der Waals surface area (Å²) in [6.45, 7) is 3.73. The van der Waals surface area contributed by atoms with Crippen LogP contribution in [0.2, 0.25) is 0 Å². The molecule has 0 aliphatic carbocycles. The lowest BCUT2D eigenvalue weighted by atomic mass is 10.1. The van der Waals surface area contributed by atoms with Gasteiger partial charge in [0.05, 0.1) is 10.7 Å². The Bertz CT molecular complexity index is 1000. The van der Waals surface area contributed by atoms with E-state index < -0.39 is 4.92 Å². The molecule has 0 radical (unpaired) electrons. The Morgan fingerprint density at radius 1 is 1.18 bits per heavy atom. The number of benzene rings is 2. The van der Waals surface area contributed by atoms with Gasteiger partial charge in [0, 0.05) is 11.8 Å². The predicted molar refractivity (Wildman–Crippen MR) is 112 cm³/mol. The highest BCUT2D eigenvalue weighted by atomic mass is 32.2. The SMILES string of the molecule is Cc1ccc(Nc2nnc(SCC(=O)Nc3c(C)cccc3[N+](=O)[O-])s2)cc1. The van der Waals surface area contributed by atoms with Crippen molar-refractivity contribution >= 4 is 51.2 Å². The fraction of sp³-hybridized carbons (Fsp3) is 0.167. The zero-order valence-corrected chi connectivity index (χ0v) is 16.8. The van der Waals surface area contributed by atoms with E-state index in [0.717, 1.165) is 5.69 Å². The largest absolute Gasteiger partial charge is 0.330 e. The van der Waals surface area contributed by atoms with E-state index in [9.17, 15) is 14.9 Å². The lowest BCUT2D eigenvalue weighted by Gasteiger charge is -2.08. The molecular weight excluding hydrogens is 398 g/mol. The molecule has 0 saturated carbocycles. The van der Waals surface area contributed by atoms with Crippen LogP contribution in [0.5, 0.6) is 0 Å².